The smallest absolute Gasteiger partial charge is 0.325 e. The van der Waals surface area contributed by atoms with Crippen molar-refractivity contribution >= 4 is 11.6 Å². The number of carbonyl (C=O) groups excluding carboxylic acids is 1. The summed E-state index contributed by atoms with van der Waals surface area (Å²) in [5.74, 6) is -0.400. The second-order valence-corrected chi connectivity index (χ2v) is 7.40. The van der Waals surface area contributed by atoms with Crippen LogP contribution in [0.15, 0.2) is 54.6 Å². The molecule has 0 aliphatic carbocycles. The Balaban J connectivity index is 0.000000467. The van der Waals surface area contributed by atoms with Gasteiger partial charge in [0.15, 0.2) is 0 Å². The third-order valence-electron chi connectivity index (χ3n) is 3.56. The summed E-state index contributed by atoms with van der Waals surface area (Å²) in [5.41, 5.74) is 6.28. The Morgan fingerprint density at radius 2 is 1.54 bits per heavy atom. The van der Waals surface area contributed by atoms with Gasteiger partial charge in [0, 0.05) is 11.2 Å². The average Bonchev–Trinajstić information content (AvgIpc) is 2.60. The second kappa shape index (κ2) is 10.2. The molecule has 0 heterocycles. The van der Waals surface area contributed by atoms with Gasteiger partial charge in [-0.2, -0.15) is 13.2 Å². The Bertz CT molecular complexity index is 723. The first-order chi connectivity index (χ1) is 12.9. The number of halogens is 3. The van der Waals surface area contributed by atoms with Crippen LogP contribution in [-0.4, -0.2) is 24.2 Å². The van der Waals surface area contributed by atoms with Crippen molar-refractivity contribution in [3.05, 3.63) is 65.7 Å². The van der Waals surface area contributed by atoms with Crippen LogP contribution in [0, 0.1) is 6.92 Å². The van der Waals surface area contributed by atoms with Gasteiger partial charge in [0.1, 0.15) is 6.04 Å². The molecule has 4 nitrogen and oxygen atoms in total. The van der Waals surface area contributed by atoms with E-state index in [4.69, 9.17) is 5.73 Å². The quantitative estimate of drug-likeness (QED) is 0.710. The van der Waals surface area contributed by atoms with E-state index in [9.17, 15) is 18.0 Å². The molecule has 0 aliphatic heterocycles. The summed E-state index contributed by atoms with van der Waals surface area (Å²) in [5, 5.41) is 5.03. The molecule has 4 N–H and O–H groups in total. The standard InChI is InChI=1S/C14H20F3N3O.C7H8/c1-13(2,3)20-12(14(15,16)17)9-4-6-10(7-5-9)19-11(21)8-18;1-7-5-3-2-4-6-7/h4-7,12,20H,8,18H2,1-3H3,(H,19,21);2-6H,1H3. The first-order valence-corrected chi connectivity index (χ1v) is 8.88. The zero-order valence-corrected chi connectivity index (χ0v) is 16.6. The zero-order chi connectivity index (χ0) is 21.4. The molecule has 0 saturated carbocycles. The summed E-state index contributed by atoms with van der Waals surface area (Å²) >= 11 is 0. The fourth-order valence-electron chi connectivity index (χ4n) is 2.29. The zero-order valence-electron chi connectivity index (χ0n) is 16.6. The minimum atomic E-state index is -4.41. The van der Waals surface area contributed by atoms with Crippen LogP contribution in [-0.2, 0) is 4.79 Å². The van der Waals surface area contributed by atoms with Crippen LogP contribution in [0.4, 0.5) is 18.9 Å². The Morgan fingerprint density at radius 3 is 1.89 bits per heavy atom. The van der Waals surface area contributed by atoms with Gasteiger partial charge in [-0.3, -0.25) is 10.1 Å². The van der Waals surface area contributed by atoms with E-state index < -0.39 is 23.7 Å². The number of nitrogens with one attached hydrogen (secondary N) is 2. The molecule has 2 rings (SSSR count). The summed E-state index contributed by atoms with van der Waals surface area (Å²) < 4.78 is 39.5. The van der Waals surface area contributed by atoms with Crippen molar-refractivity contribution in [3.63, 3.8) is 0 Å². The normalized spacial score (nSPS) is 12.6. The molecule has 0 spiro atoms. The van der Waals surface area contributed by atoms with Crippen LogP contribution in [0.5, 0.6) is 0 Å². The van der Waals surface area contributed by atoms with Crippen molar-refractivity contribution < 1.29 is 18.0 Å². The Hall–Kier alpha value is -2.38. The lowest BCUT2D eigenvalue weighted by atomic mass is 10.0. The molecule has 154 valence electrons. The molecule has 0 aliphatic rings. The van der Waals surface area contributed by atoms with Gasteiger partial charge >= 0.3 is 6.18 Å². The van der Waals surface area contributed by atoms with Gasteiger partial charge in [-0.1, -0.05) is 48.0 Å². The number of carbonyl (C=O) groups is 1. The predicted molar refractivity (Wildman–Crippen MR) is 107 cm³/mol. The van der Waals surface area contributed by atoms with Gasteiger partial charge < -0.3 is 11.1 Å². The minimum absolute atomic E-state index is 0.0863. The highest BCUT2D eigenvalue weighted by atomic mass is 19.4. The molecule has 28 heavy (non-hydrogen) atoms. The molecule has 2 aromatic rings. The van der Waals surface area contributed by atoms with Gasteiger partial charge in [-0.05, 0) is 45.4 Å². The van der Waals surface area contributed by atoms with Gasteiger partial charge in [-0.15, -0.1) is 0 Å². The molecule has 7 heteroatoms. The van der Waals surface area contributed by atoms with Gasteiger partial charge in [0.2, 0.25) is 5.91 Å². The maximum absolute atomic E-state index is 13.2. The average molecular weight is 395 g/mol. The number of rotatable bonds is 4. The summed E-state index contributed by atoms with van der Waals surface area (Å²) in [6.07, 6.45) is -4.41. The molecule has 0 saturated heterocycles. The summed E-state index contributed by atoms with van der Waals surface area (Å²) in [4.78, 5) is 11.1. The van der Waals surface area contributed by atoms with E-state index in [0.29, 0.717) is 5.69 Å². The Morgan fingerprint density at radius 1 is 1.00 bits per heavy atom. The van der Waals surface area contributed by atoms with Crippen molar-refractivity contribution in [1.82, 2.24) is 5.32 Å². The maximum Gasteiger partial charge on any atom is 0.407 e. The van der Waals surface area contributed by atoms with Crippen molar-refractivity contribution in [2.75, 3.05) is 11.9 Å². The first kappa shape index (κ1) is 23.7. The third kappa shape index (κ3) is 9.01. The summed E-state index contributed by atoms with van der Waals surface area (Å²) in [6, 6.07) is 14.0. The number of nitrogens with two attached hydrogens (primary N) is 1. The van der Waals surface area contributed by atoms with E-state index >= 15 is 0 Å². The lowest BCUT2D eigenvalue weighted by Gasteiger charge is -2.30. The van der Waals surface area contributed by atoms with Crippen molar-refractivity contribution in [2.45, 2.75) is 45.5 Å². The van der Waals surface area contributed by atoms with Crippen LogP contribution in [0.2, 0.25) is 0 Å². The van der Waals surface area contributed by atoms with E-state index in [1.807, 2.05) is 18.2 Å². The predicted octanol–water partition coefficient (Wildman–Crippen LogP) is 4.57. The fraction of sp³-hybridized carbons (Fsp3) is 0.381. The molecular weight excluding hydrogens is 367 g/mol. The second-order valence-electron chi connectivity index (χ2n) is 7.40. The maximum atomic E-state index is 13.2. The number of aryl methyl sites for hydroxylation is 1. The van der Waals surface area contributed by atoms with Crippen LogP contribution in [0.3, 0.4) is 0 Å². The summed E-state index contributed by atoms with van der Waals surface area (Å²) in [6.45, 7) is 6.91. The number of amides is 1. The van der Waals surface area contributed by atoms with Gasteiger partial charge in [0.25, 0.3) is 0 Å². The highest BCUT2D eigenvalue weighted by Crippen LogP contribution is 2.34. The Labute approximate surface area is 164 Å². The lowest BCUT2D eigenvalue weighted by molar-refractivity contribution is -0.161. The van der Waals surface area contributed by atoms with E-state index in [0.717, 1.165) is 0 Å². The van der Waals surface area contributed by atoms with Crippen LogP contribution >= 0.6 is 0 Å². The van der Waals surface area contributed by atoms with Crippen LogP contribution < -0.4 is 16.4 Å². The SMILES string of the molecule is CC(C)(C)NC(c1ccc(NC(=O)CN)cc1)C(F)(F)F.Cc1ccccc1. The topological polar surface area (TPSA) is 67.1 Å². The van der Waals surface area contributed by atoms with E-state index in [1.165, 1.54) is 29.8 Å². The van der Waals surface area contributed by atoms with E-state index in [1.54, 1.807) is 20.8 Å². The van der Waals surface area contributed by atoms with Crippen LogP contribution in [0.1, 0.15) is 37.9 Å². The van der Waals surface area contributed by atoms with Crippen molar-refractivity contribution in [3.8, 4) is 0 Å². The molecule has 1 amide bonds. The fourth-order valence-corrected chi connectivity index (χ4v) is 2.29. The third-order valence-corrected chi connectivity index (χ3v) is 3.56. The molecule has 0 fully saturated rings. The van der Waals surface area contributed by atoms with Gasteiger partial charge in [0.05, 0.1) is 6.54 Å². The molecular formula is C21H28F3N3O. The monoisotopic (exact) mass is 395 g/mol. The molecule has 2 aromatic carbocycles. The molecule has 0 bridgehead atoms. The highest BCUT2D eigenvalue weighted by molar-refractivity contribution is 5.92. The van der Waals surface area contributed by atoms with E-state index in [2.05, 4.69) is 29.7 Å². The molecule has 1 unspecified atom stereocenters. The minimum Gasteiger partial charge on any atom is -0.325 e. The lowest BCUT2D eigenvalue weighted by Crippen LogP contribution is -2.45. The highest BCUT2D eigenvalue weighted by Gasteiger charge is 2.42. The molecule has 1 atom stereocenters. The number of anilines is 1. The number of alkyl halides is 3. The molecule has 0 aromatic heterocycles. The number of hydrogen-bond donors (Lipinski definition) is 3. The first-order valence-electron chi connectivity index (χ1n) is 8.88. The molecule has 0 radical (unpaired) electrons. The van der Waals surface area contributed by atoms with Gasteiger partial charge in [-0.25, -0.2) is 0 Å². The number of benzene rings is 2. The summed E-state index contributed by atoms with van der Waals surface area (Å²) in [7, 11) is 0. The van der Waals surface area contributed by atoms with Crippen LogP contribution in [0.25, 0.3) is 0 Å². The van der Waals surface area contributed by atoms with Crippen molar-refractivity contribution in [2.24, 2.45) is 5.73 Å². The van der Waals surface area contributed by atoms with E-state index in [-0.39, 0.29) is 12.1 Å². The Kier molecular flexibility index (Phi) is 8.65. The van der Waals surface area contributed by atoms with Crippen molar-refractivity contribution in [1.29, 1.82) is 0 Å². The number of hydrogen-bond acceptors (Lipinski definition) is 3. The largest absolute Gasteiger partial charge is 0.407 e.